The van der Waals surface area contributed by atoms with Crippen molar-refractivity contribution in [3.05, 3.63) is 23.8 Å². The highest BCUT2D eigenvalue weighted by molar-refractivity contribution is 5.74. The van der Waals surface area contributed by atoms with Crippen LogP contribution in [0.3, 0.4) is 0 Å². The van der Waals surface area contributed by atoms with Crippen molar-refractivity contribution in [1.82, 2.24) is 16.0 Å². The van der Waals surface area contributed by atoms with E-state index in [1.807, 2.05) is 25.1 Å². The predicted octanol–water partition coefficient (Wildman–Crippen LogP) is 3.08. The number of ether oxygens (including phenoxy) is 2. The third kappa shape index (κ3) is 4.37. The van der Waals surface area contributed by atoms with E-state index in [4.69, 9.17) is 9.47 Å². The molecule has 1 unspecified atom stereocenters. The summed E-state index contributed by atoms with van der Waals surface area (Å²) in [5.41, 5.74) is 0.996. The van der Waals surface area contributed by atoms with Gasteiger partial charge in [0, 0.05) is 17.1 Å². The quantitative estimate of drug-likeness (QED) is 0.786. The molecule has 1 aromatic carbocycles. The summed E-state index contributed by atoms with van der Waals surface area (Å²) in [6.45, 7) is 10.9. The summed E-state index contributed by atoms with van der Waals surface area (Å²) in [5, 5.41) is 9.79. The summed E-state index contributed by atoms with van der Waals surface area (Å²) in [5.74, 6) is 1.48. The van der Waals surface area contributed by atoms with Gasteiger partial charge in [0.2, 0.25) is 6.79 Å². The van der Waals surface area contributed by atoms with E-state index in [9.17, 15) is 4.79 Å². The van der Waals surface area contributed by atoms with Gasteiger partial charge in [-0.25, -0.2) is 4.79 Å². The molecule has 2 heterocycles. The highest BCUT2D eigenvalue weighted by atomic mass is 16.7. The van der Waals surface area contributed by atoms with Crippen LogP contribution in [0.2, 0.25) is 0 Å². The maximum absolute atomic E-state index is 12.5. The van der Waals surface area contributed by atoms with Gasteiger partial charge in [0.1, 0.15) is 0 Å². The molecule has 0 radical (unpaired) electrons. The van der Waals surface area contributed by atoms with Gasteiger partial charge in [-0.15, -0.1) is 0 Å². The lowest BCUT2D eigenvalue weighted by atomic mass is 9.80. The number of hydrogen-bond acceptors (Lipinski definition) is 4. The number of hydrogen-bond donors (Lipinski definition) is 3. The van der Waals surface area contributed by atoms with E-state index in [0.29, 0.717) is 0 Å². The highest BCUT2D eigenvalue weighted by Gasteiger charge is 2.38. The molecule has 0 spiro atoms. The number of benzene rings is 1. The van der Waals surface area contributed by atoms with Crippen molar-refractivity contribution in [1.29, 1.82) is 0 Å². The smallest absolute Gasteiger partial charge is 0.315 e. The van der Waals surface area contributed by atoms with Gasteiger partial charge in [-0.3, -0.25) is 0 Å². The van der Waals surface area contributed by atoms with E-state index in [1.165, 1.54) is 0 Å². The number of piperidine rings is 1. The lowest BCUT2D eigenvalue weighted by molar-refractivity contribution is 0.147. The van der Waals surface area contributed by atoms with Gasteiger partial charge in [0.05, 0.1) is 6.04 Å². The molecule has 25 heavy (non-hydrogen) atoms. The molecule has 1 aromatic rings. The van der Waals surface area contributed by atoms with Crippen LogP contribution < -0.4 is 25.4 Å². The summed E-state index contributed by atoms with van der Waals surface area (Å²) in [6.07, 6.45) is 1.81. The number of carbonyl (C=O) groups excluding carboxylic acids is 1. The monoisotopic (exact) mass is 347 g/mol. The first-order valence-electron chi connectivity index (χ1n) is 8.89. The molecular formula is C19H29N3O3. The summed E-state index contributed by atoms with van der Waals surface area (Å²) in [4.78, 5) is 12.5. The topological polar surface area (TPSA) is 71.6 Å². The number of urea groups is 1. The molecule has 0 bridgehead atoms. The van der Waals surface area contributed by atoms with Gasteiger partial charge in [-0.2, -0.15) is 0 Å². The molecule has 3 rings (SSSR count). The second-order valence-electron chi connectivity index (χ2n) is 8.45. The van der Waals surface area contributed by atoms with E-state index < -0.39 is 0 Å². The van der Waals surface area contributed by atoms with Crippen LogP contribution in [0.25, 0.3) is 0 Å². The molecule has 6 nitrogen and oxygen atoms in total. The van der Waals surface area contributed by atoms with E-state index in [0.717, 1.165) is 29.9 Å². The summed E-state index contributed by atoms with van der Waals surface area (Å²) in [6, 6.07) is 5.65. The van der Waals surface area contributed by atoms with Crippen LogP contribution in [0.1, 0.15) is 59.1 Å². The Hall–Kier alpha value is -1.95. The zero-order valence-electron chi connectivity index (χ0n) is 15.7. The number of fused-ring (bicyclic) bond motifs is 1. The molecule has 0 saturated carbocycles. The fourth-order valence-electron chi connectivity index (χ4n) is 4.11. The van der Waals surface area contributed by atoms with Gasteiger partial charge >= 0.3 is 6.03 Å². The Morgan fingerprint density at radius 1 is 1.16 bits per heavy atom. The zero-order valence-corrected chi connectivity index (χ0v) is 15.7. The Morgan fingerprint density at radius 3 is 2.48 bits per heavy atom. The average molecular weight is 347 g/mol. The van der Waals surface area contributed by atoms with Crippen LogP contribution >= 0.6 is 0 Å². The van der Waals surface area contributed by atoms with Crippen molar-refractivity contribution in [2.24, 2.45) is 0 Å². The van der Waals surface area contributed by atoms with Crippen molar-refractivity contribution in [2.45, 2.75) is 70.6 Å². The van der Waals surface area contributed by atoms with Crippen LogP contribution in [0.5, 0.6) is 11.5 Å². The molecule has 0 aliphatic carbocycles. The van der Waals surface area contributed by atoms with Crippen molar-refractivity contribution in [3.63, 3.8) is 0 Å². The minimum absolute atomic E-state index is 0.00261. The largest absolute Gasteiger partial charge is 0.454 e. The lowest BCUT2D eigenvalue weighted by Crippen LogP contribution is -2.62. The van der Waals surface area contributed by atoms with E-state index >= 15 is 0 Å². The lowest BCUT2D eigenvalue weighted by Gasteiger charge is -2.46. The van der Waals surface area contributed by atoms with E-state index in [-0.39, 0.29) is 36.0 Å². The molecule has 6 heteroatoms. The summed E-state index contributed by atoms with van der Waals surface area (Å²) in [7, 11) is 0. The van der Waals surface area contributed by atoms with Crippen molar-refractivity contribution in [2.75, 3.05) is 6.79 Å². The molecule has 0 aromatic heterocycles. The molecule has 138 valence electrons. The van der Waals surface area contributed by atoms with E-state index in [2.05, 4.69) is 43.6 Å². The minimum atomic E-state index is -0.135. The minimum Gasteiger partial charge on any atom is -0.454 e. The van der Waals surface area contributed by atoms with Crippen LogP contribution in [-0.4, -0.2) is 29.9 Å². The van der Waals surface area contributed by atoms with Crippen molar-refractivity contribution in [3.8, 4) is 11.5 Å². The van der Waals surface area contributed by atoms with Crippen molar-refractivity contribution >= 4 is 6.03 Å². The fraction of sp³-hybridized carbons (Fsp3) is 0.632. The molecule has 1 fully saturated rings. The van der Waals surface area contributed by atoms with Gasteiger partial charge in [-0.05, 0) is 65.2 Å². The standard InChI is InChI=1S/C19H29N3O3/c1-12(13-6-7-15-16(8-13)25-11-24-15)20-17(23)21-14-9-18(2,3)22-19(4,5)10-14/h6-8,12,14,22H,9-11H2,1-5H3,(H2,20,21,23). The van der Waals surface area contributed by atoms with Gasteiger partial charge in [0.25, 0.3) is 0 Å². The number of nitrogens with one attached hydrogen (secondary N) is 3. The molecule has 1 saturated heterocycles. The predicted molar refractivity (Wildman–Crippen MR) is 97.0 cm³/mol. The Bertz CT molecular complexity index is 641. The summed E-state index contributed by atoms with van der Waals surface area (Å²) < 4.78 is 10.7. The van der Waals surface area contributed by atoms with Crippen LogP contribution in [0, 0.1) is 0 Å². The third-order valence-electron chi connectivity index (χ3n) is 4.77. The molecular weight excluding hydrogens is 318 g/mol. The first kappa shape index (κ1) is 17.9. The highest BCUT2D eigenvalue weighted by Crippen LogP contribution is 2.34. The number of rotatable bonds is 3. The normalized spacial score (nSPS) is 22.3. The Morgan fingerprint density at radius 2 is 1.80 bits per heavy atom. The zero-order chi connectivity index (χ0) is 18.2. The maximum atomic E-state index is 12.5. The van der Waals surface area contributed by atoms with Gasteiger partial charge < -0.3 is 25.4 Å². The molecule has 3 N–H and O–H groups in total. The van der Waals surface area contributed by atoms with Crippen LogP contribution in [0.4, 0.5) is 4.79 Å². The molecule has 2 amide bonds. The number of carbonyl (C=O) groups is 1. The second-order valence-corrected chi connectivity index (χ2v) is 8.45. The molecule has 1 atom stereocenters. The van der Waals surface area contributed by atoms with Crippen LogP contribution in [0.15, 0.2) is 18.2 Å². The van der Waals surface area contributed by atoms with Gasteiger partial charge in [0.15, 0.2) is 11.5 Å². The summed E-state index contributed by atoms with van der Waals surface area (Å²) >= 11 is 0. The number of amides is 2. The molecule has 2 aliphatic rings. The first-order chi connectivity index (χ1) is 11.6. The first-order valence-corrected chi connectivity index (χ1v) is 8.89. The molecule has 2 aliphatic heterocycles. The second kappa shape index (κ2) is 6.41. The van der Waals surface area contributed by atoms with Crippen molar-refractivity contribution < 1.29 is 14.3 Å². The Labute approximate surface area is 149 Å². The third-order valence-corrected chi connectivity index (χ3v) is 4.77. The SMILES string of the molecule is CC(NC(=O)NC1CC(C)(C)NC(C)(C)C1)c1ccc2c(c1)OCO2. The van der Waals surface area contributed by atoms with Gasteiger partial charge in [-0.1, -0.05) is 6.07 Å². The maximum Gasteiger partial charge on any atom is 0.315 e. The van der Waals surface area contributed by atoms with E-state index in [1.54, 1.807) is 0 Å². The average Bonchev–Trinajstić information content (AvgIpc) is 2.90. The fourth-order valence-corrected chi connectivity index (χ4v) is 4.11. The van der Waals surface area contributed by atoms with Crippen LogP contribution in [-0.2, 0) is 0 Å². The Kier molecular flexibility index (Phi) is 4.58. The Balaban J connectivity index is 1.58.